The summed E-state index contributed by atoms with van der Waals surface area (Å²) in [6.07, 6.45) is 12.4. The van der Waals surface area contributed by atoms with E-state index in [4.69, 9.17) is 16.1 Å². The summed E-state index contributed by atoms with van der Waals surface area (Å²) >= 11 is 6.09. The summed E-state index contributed by atoms with van der Waals surface area (Å²) in [5, 5.41) is 19.6. The van der Waals surface area contributed by atoms with E-state index in [2.05, 4.69) is 15.4 Å². The number of likely N-dealkylation sites (tertiary alicyclic amines) is 1. The molecule has 2 N–H and O–H groups in total. The minimum absolute atomic E-state index is 0.218. The summed E-state index contributed by atoms with van der Waals surface area (Å²) in [5.41, 5.74) is 1.36. The average molecular weight is 516 g/mol. The fourth-order valence-electron chi connectivity index (χ4n) is 6.67. The summed E-state index contributed by atoms with van der Waals surface area (Å²) in [5.74, 6) is 1.90. The molecule has 3 aliphatic rings. The number of carbonyl (C=O) groups excluding carboxylic acids is 1. The van der Waals surface area contributed by atoms with Crippen molar-refractivity contribution in [2.75, 3.05) is 19.6 Å². The lowest BCUT2D eigenvalue weighted by Crippen LogP contribution is -2.40. The second-order valence-corrected chi connectivity index (χ2v) is 12.5. The van der Waals surface area contributed by atoms with E-state index in [1.165, 1.54) is 25.8 Å². The number of benzene rings is 1. The highest BCUT2D eigenvalue weighted by Crippen LogP contribution is 2.35. The molecule has 36 heavy (non-hydrogen) atoms. The van der Waals surface area contributed by atoms with E-state index in [1.807, 2.05) is 25.1 Å². The van der Waals surface area contributed by atoms with Crippen molar-refractivity contribution < 1.29 is 14.4 Å². The van der Waals surface area contributed by atoms with Gasteiger partial charge in [-0.3, -0.25) is 4.79 Å². The number of carbonyl (C=O) groups is 1. The summed E-state index contributed by atoms with van der Waals surface area (Å²) in [6.45, 7) is 5.33. The molecule has 1 saturated heterocycles. The van der Waals surface area contributed by atoms with Gasteiger partial charge in [0.25, 0.3) is 0 Å². The third-order valence-electron chi connectivity index (χ3n) is 9.16. The minimum atomic E-state index is -0.525. The molecule has 2 saturated carbocycles. The van der Waals surface area contributed by atoms with Crippen LogP contribution < -0.4 is 5.32 Å². The topological polar surface area (TPSA) is 78.6 Å². The number of aliphatic hydroxyl groups is 1. The van der Waals surface area contributed by atoms with Crippen molar-refractivity contribution in [2.45, 2.75) is 102 Å². The number of halogens is 1. The SMILES string of the molecule is C[C@]1(O)CC[C@@H](CC(=O)NC2CCC(CCN3CCC(c4noc5cc(Cl)ccc45)CC3)CC2)CC1. The van der Waals surface area contributed by atoms with Crippen molar-refractivity contribution in [1.82, 2.24) is 15.4 Å². The van der Waals surface area contributed by atoms with Crippen molar-refractivity contribution >= 4 is 28.5 Å². The number of hydrogen-bond donors (Lipinski definition) is 2. The largest absolute Gasteiger partial charge is 0.390 e. The minimum Gasteiger partial charge on any atom is -0.390 e. The smallest absolute Gasteiger partial charge is 0.220 e. The van der Waals surface area contributed by atoms with E-state index >= 15 is 0 Å². The fraction of sp³-hybridized carbons (Fsp3) is 0.724. The monoisotopic (exact) mass is 515 g/mol. The van der Waals surface area contributed by atoms with Crippen LogP contribution in [0.4, 0.5) is 0 Å². The van der Waals surface area contributed by atoms with Crippen molar-refractivity contribution in [3.05, 3.63) is 28.9 Å². The van der Waals surface area contributed by atoms with E-state index in [-0.39, 0.29) is 5.91 Å². The molecule has 198 valence electrons. The van der Waals surface area contributed by atoms with Gasteiger partial charge in [-0.1, -0.05) is 16.8 Å². The van der Waals surface area contributed by atoms with Gasteiger partial charge in [0.05, 0.1) is 11.3 Å². The first kappa shape index (κ1) is 26.0. The van der Waals surface area contributed by atoms with Crippen LogP contribution in [0.5, 0.6) is 0 Å². The van der Waals surface area contributed by atoms with Gasteiger partial charge in [-0.15, -0.1) is 0 Å². The Labute approximate surface area is 220 Å². The first-order chi connectivity index (χ1) is 17.3. The molecule has 0 atom stereocenters. The molecule has 7 heteroatoms. The van der Waals surface area contributed by atoms with E-state index < -0.39 is 5.60 Å². The third-order valence-corrected chi connectivity index (χ3v) is 9.39. The van der Waals surface area contributed by atoms with Crippen LogP contribution in [-0.4, -0.2) is 52.3 Å². The molecule has 0 spiro atoms. The zero-order chi connectivity index (χ0) is 25.1. The molecule has 1 amide bonds. The van der Waals surface area contributed by atoms with Crippen LogP contribution in [0.25, 0.3) is 11.0 Å². The third kappa shape index (κ3) is 6.62. The first-order valence-corrected chi connectivity index (χ1v) is 14.5. The molecule has 1 aliphatic heterocycles. The Morgan fingerprint density at radius 2 is 1.83 bits per heavy atom. The number of piperidine rings is 1. The molecule has 6 nitrogen and oxygen atoms in total. The normalized spacial score (nSPS) is 30.5. The number of nitrogens with zero attached hydrogens (tertiary/aromatic N) is 2. The van der Waals surface area contributed by atoms with Crippen LogP contribution in [0.3, 0.4) is 0 Å². The summed E-state index contributed by atoms with van der Waals surface area (Å²) in [7, 11) is 0. The Balaban J connectivity index is 0.978. The Morgan fingerprint density at radius 1 is 1.11 bits per heavy atom. The molecule has 0 bridgehead atoms. The van der Waals surface area contributed by atoms with Gasteiger partial charge in [0.1, 0.15) is 0 Å². The molecule has 2 heterocycles. The average Bonchev–Trinajstić information content (AvgIpc) is 3.28. The zero-order valence-corrected chi connectivity index (χ0v) is 22.4. The lowest BCUT2D eigenvalue weighted by Gasteiger charge is -2.34. The van der Waals surface area contributed by atoms with Crippen molar-refractivity contribution in [1.29, 1.82) is 0 Å². The standard InChI is InChI=1S/C29H42ClN3O3/c1-29(35)13-8-21(9-14-29)18-27(34)31-24-5-2-20(3-6-24)10-15-33-16-11-22(12-17-33)28-25-7-4-23(30)19-26(25)36-32-28/h4,7,19-22,24,35H,2-3,5-6,8-18H2,1H3,(H,31,34)/t20?,21-,24?,29+. The van der Waals surface area contributed by atoms with Crippen LogP contribution in [0.1, 0.15) is 95.6 Å². The Morgan fingerprint density at radius 3 is 2.56 bits per heavy atom. The number of fused-ring (bicyclic) bond motifs is 1. The molecule has 1 aromatic carbocycles. The molecule has 2 aliphatic carbocycles. The van der Waals surface area contributed by atoms with Gasteiger partial charge in [-0.25, -0.2) is 0 Å². The summed E-state index contributed by atoms with van der Waals surface area (Å²) in [4.78, 5) is 15.2. The second kappa shape index (κ2) is 11.4. The predicted molar refractivity (Wildman–Crippen MR) is 143 cm³/mol. The second-order valence-electron chi connectivity index (χ2n) is 12.0. The first-order valence-electron chi connectivity index (χ1n) is 14.1. The highest BCUT2D eigenvalue weighted by molar-refractivity contribution is 6.31. The number of hydrogen-bond acceptors (Lipinski definition) is 5. The maximum Gasteiger partial charge on any atom is 0.220 e. The van der Waals surface area contributed by atoms with Crippen molar-refractivity contribution in [3.8, 4) is 0 Å². The quantitative estimate of drug-likeness (QED) is 0.468. The summed E-state index contributed by atoms with van der Waals surface area (Å²) in [6, 6.07) is 6.16. The summed E-state index contributed by atoms with van der Waals surface area (Å²) < 4.78 is 5.53. The van der Waals surface area contributed by atoms with E-state index in [0.717, 1.165) is 87.0 Å². The lowest BCUT2D eigenvalue weighted by atomic mass is 9.78. The van der Waals surface area contributed by atoms with Crippen LogP contribution >= 0.6 is 11.6 Å². The van der Waals surface area contributed by atoms with Crippen LogP contribution in [0, 0.1) is 11.8 Å². The van der Waals surface area contributed by atoms with Crippen LogP contribution in [0.2, 0.25) is 5.02 Å². The van der Waals surface area contributed by atoms with E-state index in [9.17, 15) is 9.90 Å². The van der Waals surface area contributed by atoms with Gasteiger partial charge < -0.3 is 19.8 Å². The van der Waals surface area contributed by atoms with Gasteiger partial charge in [0, 0.05) is 34.9 Å². The number of rotatable bonds is 7. The predicted octanol–water partition coefficient (Wildman–Crippen LogP) is 6.06. The van der Waals surface area contributed by atoms with Crippen LogP contribution in [-0.2, 0) is 4.79 Å². The maximum atomic E-state index is 12.6. The van der Waals surface area contributed by atoms with E-state index in [1.54, 1.807) is 0 Å². The molecule has 0 radical (unpaired) electrons. The number of aromatic nitrogens is 1. The molecule has 3 fully saturated rings. The highest BCUT2D eigenvalue weighted by atomic mass is 35.5. The van der Waals surface area contributed by atoms with E-state index in [0.29, 0.717) is 29.3 Å². The molecule has 2 aromatic rings. The van der Waals surface area contributed by atoms with Gasteiger partial charge in [0.2, 0.25) is 5.91 Å². The Bertz CT molecular complexity index is 1010. The maximum absolute atomic E-state index is 12.6. The fourth-order valence-corrected chi connectivity index (χ4v) is 6.83. The molecule has 0 unspecified atom stereocenters. The molecule has 1 aromatic heterocycles. The molecular weight excluding hydrogens is 474 g/mol. The number of nitrogens with one attached hydrogen (secondary N) is 1. The number of amides is 1. The zero-order valence-electron chi connectivity index (χ0n) is 21.7. The Kier molecular flexibility index (Phi) is 8.24. The molecule has 5 rings (SSSR count). The van der Waals surface area contributed by atoms with Crippen LogP contribution in [0.15, 0.2) is 22.7 Å². The van der Waals surface area contributed by atoms with Gasteiger partial charge in [0.15, 0.2) is 5.58 Å². The molecular formula is C29H42ClN3O3. The van der Waals surface area contributed by atoms with Gasteiger partial charge >= 0.3 is 0 Å². The lowest BCUT2D eigenvalue weighted by molar-refractivity contribution is -0.123. The van der Waals surface area contributed by atoms with Gasteiger partial charge in [-0.2, -0.15) is 0 Å². The van der Waals surface area contributed by atoms with Crippen molar-refractivity contribution in [3.63, 3.8) is 0 Å². The van der Waals surface area contributed by atoms with Gasteiger partial charge in [-0.05, 0) is 121 Å². The Hall–Kier alpha value is -1.63. The van der Waals surface area contributed by atoms with Crippen molar-refractivity contribution in [2.24, 2.45) is 11.8 Å². The highest BCUT2D eigenvalue weighted by Gasteiger charge is 2.31.